The molecule has 0 bridgehead atoms. The molecule has 0 saturated carbocycles. The maximum absolute atomic E-state index is 5.94. The maximum Gasteiger partial charge on any atom is 0.00747 e. The summed E-state index contributed by atoms with van der Waals surface area (Å²) in [6.45, 7) is 9.65. The van der Waals surface area contributed by atoms with E-state index in [1.54, 1.807) is 0 Å². The minimum absolute atomic E-state index is 0.135. The van der Waals surface area contributed by atoms with Crippen LogP contribution in [0.3, 0.4) is 0 Å². The summed E-state index contributed by atoms with van der Waals surface area (Å²) in [5, 5.41) is 0.636. The van der Waals surface area contributed by atoms with Gasteiger partial charge < -0.3 is 5.73 Å². The van der Waals surface area contributed by atoms with Gasteiger partial charge in [-0.05, 0) is 24.1 Å². The van der Waals surface area contributed by atoms with E-state index in [4.69, 9.17) is 5.73 Å². The zero-order chi connectivity index (χ0) is 12.9. The summed E-state index contributed by atoms with van der Waals surface area (Å²) in [6.07, 6.45) is 2.33. The normalized spacial score (nSPS) is 14.9. The molecular formula is C15H25NS. The molecule has 17 heavy (non-hydrogen) atoms. The fraction of sp³-hybridized carbons (Fsp3) is 0.600. The summed E-state index contributed by atoms with van der Waals surface area (Å²) in [5.41, 5.74) is 7.44. The molecule has 1 atom stereocenters. The highest BCUT2D eigenvalue weighted by molar-refractivity contribution is 7.99. The van der Waals surface area contributed by atoms with E-state index >= 15 is 0 Å². The first-order valence-electron chi connectivity index (χ1n) is 6.49. The second kappa shape index (κ2) is 6.46. The highest BCUT2D eigenvalue weighted by atomic mass is 32.2. The van der Waals surface area contributed by atoms with Crippen molar-refractivity contribution in [3.8, 4) is 0 Å². The van der Waals surface area contributed by atoms with E-state index in [0.717, 1.165) is 13.0 Å². The third-order valence-corrected chi connectivity index (χ3v) is 4.19. The summed E-state index contributed by atoms with van der Waals surface area (Å²) in [4.78, 5) is 1.35. The lowest BCUT2D eigenvalue weighted by Gasteiger charge is -2.28. The Labute approximate surface area is 110 Å². The molecule has 1 aromatic carbocycles. The van der Waals surface area contributed by atoms with Crippen LogP contribution >= 0.6 is 11.8 Å². The van der Waals surface area contributed by atoms with E-state index in [1.807, 2.05) is 11.8 Å². The molecule has 1 unspecified atom stereocenters. The standard InChI is InChI=1S/C15H25NS/c1-5-10-15(4,11-16)13-6-8-14(9-7-13)17-12(2)3/h6-9,12H,5,10-11,16H2,1-4H3. The van der Waals surface area contributed by atoms with E-state index in [1.165, 1.54) is 16.9 Å². The van der Waals surface area contributed by atoms with Crippen molar-refractivity contribution in [1.82, 2.24) is 0 Å². The van der Waals surface area contributed by atoms with Gasteiger partial charge in [-0.25, -0.2) is 0 Å². The van der Waals surface area contributed by atoms with Gasteiger partial charge in [-0.15, -0.1) is 11.8 Å². The van der Waals surface area contributed by atoms with Gasteiger partial charge in [0.2, 0.25) is 0 Å². The number of hydrogen-bond donors (Lipinski definition) is 1. The molecular weight excluding hydrogens is 226 g/mol. The largest absolute Gasteiger partial charge is 0.330 e. The quantitative estimate of drug-likeness (QED) is 0.767. The van der Waals surface area contributed by atoms with E-state index in [-0.39, 0.29) is 5.41 Å². The molecule has 0 aromatic heterocycles. The lowest BCUT2D eigenvalue weighted by Crippen LogP contribution is -2.31. The molecule has 1 rings (SSSR count). The molecule has 0 aliphatic rings. The number of hydrogen-bond acceptors (Lipinski definition) is 2. The number of rotatable bonds is 6. The Morgan fingerprint density at radius 3 is 2.24 bits per heavy atom. The number of thioether (sulfide) groups is 1. The molecule has 0 aliphatic heterocycles. The lowest BCUT2D eigenvalue weighted by molar-refractivity contribution is 0.439. The lowest BCUT2D eigenvalue weighted by atomic mass is 9.79. The zero-order valence-corrected chi connectivity index (χ0v) is 12.3. The Balaban J connectivity index is 2.85. The van der Waals surface area contributed by atoms with Gasteiger partial charge in [0, 0.05) is 22.1 Å². The molecule has 0 radical (unpaired) electrons. The molecule has 1 nitrogen and oxygen atoms in total. The van der Waals surface area contributed by atoms with Crippen LogP contribution in [0.1, 0.15) is 46.1 Å². The Morgan fingerprint density at radius 1 is 1.24 bits per heavy atom. The van der Waals surface area contributed by atoms with Gasteiger partial charge in [-0.1, -0.05) is 46.2 Å². The van der Waals surface area contributed by atoms with Crippen molar-refractivity contribution in [2.24, 2.45) is 5.73 Å². The molecule has 2 heteroatoms. The van der Waals surface area contributed by atoms with Crippen LogP contribution in [-0.2, 0) is 5.41 Å². The first-order chi connectivity index (χ1) is 8.01. The van der Waals surface area contributed by atoms with Gasteiger partial charge >= 0.3 is 0 Å². The minimum Gasteiger partial charge on any atom is -0.330 e. The van der Waals surface area contributed by atoms with Crippen LogP contribution in [-0.4, -0.2) is 11.8 Å². The number of benzene rings is 1. The predicted octanol–water partition coefficient (Wildman–Crippen LogP) is 4.20. The summed E-state index contributed by atoms with van der Waals surface area (Å²) >= 11 is 1.91. The van der Waals surface area contributed by atoms with Gasteiger partial charge in [0.1, 0.15) is 0 Å². The van der Waals surface area contributed by atoms with Crippen molar-refractivity contribution < 1.29 is 0 Å². The third-order valence-electron chi connectivity index (χ3n) is 3.18. The van der Waals surface area contributed by atoms with E-state index < -0.39 is 0 Å². The van der Waals surface area contributed by atoms with Gasteiger partial charge in [0.25, 0.3) is 0 Å². The summed E-state index contributed by atoms with van der Waals surface area (Å²) in [7, 11) is 0. The molecule has 96 valence electrons. The van der Waals surface area contributed by atoms with Crippen LogP contribution in [0.15, 0.2) is 29.2 Å². The van der Waals surface area contributed by atoms with Crippen molar-refractivity contribution in [3.05, 3.63) is 29.8 Å². The van der Waals surface area contributed by atoms with Crippen molar-refractivity contribution in [2.75, 3.05) is 6.54 Å². The first-order valence-corrected chi connectivity index (χ1v) is 7.37. The highest BCUT2D eigenvalue weighted by Crippen LogP contribution is 2.30. The smallest absolute Gasteiger partial charge is 0.00747 e. The van der Waals surface area contributed by atoms with Crippen molar-refractivity contribution in [1.29, 1.82) is 0 Å². The third kappa shape index (κ3) is 4.04. The van der Waals surface area contributed by atoms with Gasteiger partial charge in [-0.3, -0.25) is 0 Å². The fourth-order valence-electron chi connectivity index (χ4n) is 2.12. The van der Waals surface area contributed by atoms with Crippen molar-refractivity contribution >= 4 is 11.8 Å². The van der Waals surface area contributed by atoms with Crippen molar-refractivity contribution in [2.45, 2.75) is 56.1 Å². The van der Waals surface area contributed by atoms with Crippen LogP contribution in [0, 0.1) is 0 Å². The molecule has 0 heterocycles. The summed E-state index contributed by atoms with van der Waals surface area (Å²) < 4.78 is 0. The molecule has 0 aliphatic carbocycles. The van der Waals surface area contributed by atoms with Gasteiger partial charge in [0.15, 0.2) is 0 Å². The van der Waals surface area contributed by atoms with Crippen LogP contribution in [0.5, 0.6) is 0 Å². The monoisotopic (exact) mass is 251 g/mol. The maximum atomic E-state index is 5.94. The average molecular weight is 251 g/mol. The second-order valence-electron chi connectivity index (χ2n) is 5.21. The van der Waals surface area contributed by atoms with Crippen LogP contribution < -0.4 is 5.73 Å². The Bertz CT molecular complexity index is 331. The Morgan fingerprint density at radius 2 is 1.82 bits per heavy atom. The Kier molecular flexibility index (Phi) is 5.54. The second-order valence-corrected chi connectivity index (χ2v) is 6.86. The predicted molar refractivity (Wildman–Crippen MR) is 78.7 cm³/mol. The van der Waals surface area contributed by atoms with E-state index in [9.17, 15) is 0 Å². The molecule has 0 amide bonds. The molecule has 0 spiro atoms. The fourth-order valence-corrected chi connectivity index (χ4v) is 2.96. The number of nitrogens with two attached hydrogens (primary N) is 1. The highest BCUT2D eigenvalue weighted by Gasteiger charge is 2.23. The van der Waals surface area contributed by atoms with Crippen LogP contribution in [0.2, 0.25) is 0 Å². The molecule has 2 N–H and O–H groups in total. The zero-order valence-electron chi connectivity index (χ0n) is 11.5. The summed E-state index contributed by atoms with van der Waals surface area (Å²) in [6, 6.07) is 8.94. The SMILES string of the molecule is CCCC(C)(CN)c1ccc(SC(C)C)cc1. The first kappa shape index (κ1) is 14.6. The average Bonchev–Trinajstić information content (AvgIpc) is 2.29. The van der Waals surface area contributed by atoms with Crippen molar-refractivity contribution in [3.63, 3.8) is 0 Å². The van der Waals surface area contributed by atoms with Gasteiger partial charge in [-0.2, -0.15) is 0 Å². The van der Waals surface area contributed by atoms with E-state index in [0.29, 0.717) is 5.25 Å². The van der Waals surface area contributed by atoms with Crippen LogP contribution in [0.4, 0.5) is 0 Å². The summed E-state index contributed by atoms with van der Waals surface area (Å²) in [5.74, 6) is 0. The van der Waals surface area contributed by atoms with Crippen LogP contribution in [0.25, 0.3) is 0 Å². The Hall–Kier alpha value is -0.470. The molecule has 0 saturated heterocycles. The minimum atomic E-state index is 0.135. The topological polar surface area (TPSA) is 26.0 Å². The molecule has 0 fully saturated rings. The van der Waals surface area contributed by atoms with E-state index in [2.05, 4.69) is 52.0 Å². The molecule has 1 aromatic rings. The van der Waals surface area contributed by atoms with Gasteiger partial charge in [0.05, 0.1) is 0 Å².